The van der Waals surface area contributed by atoms with Crippen molar-refractivity contribution in [2.45, 2.75) is 19.3 Å². The van der Waals surface area contributed by atoms with Crippen molar-refractivity contribution in [3.8, 4) is 0 Å². The van der Waals surface area contributed by atoms with E-state index in [0.29, 0.717) is 0 Å². The zero-order valence-corrected chi connectivity index (χ0v) is 12.2. The van der Waals surface area contributed by atoms with E-state index >= 15 is 0 Å². The molecule has 0 amide bonds. The molecule has 0 saturated heterocycles. The van der Waals surface area contributed by atoms with Crippen LogP contribution in [0.2, 0.25) is 0 Å². The topological polar surface area (TPSA) is 0 Å². The molecule has 0 saturated carbocycles. The molecule has 0 unspecified atom stereocenters. The summed E-state index contributed by atoms with van der Waals surface area (Å²) in [5.41, 5.74) is 1.29. The van der Waals surface area contributed by atoms with Crippen LogP contribution < -0.4 is 0 Å². The van der Waals surface area contributed by atoms with Gasteiger partial charge in [-0.2, -0.15) is 0 Å². The van der Waals surface area contributed by atoms with Crippen LogP contribution in [0.5, 0.6) is 0 Å². The maximum atomic E-state index is 2.34. The van der Waals surface area contributed by atoms with Crippen LogP contribution in [0.15, 0.2) is 46.7 Å². The van der Waals surface area contributed by atoms with E-state index in [9.17, 15) is 0 Å². The molecule has 1 rings (SSSR count). The molecule has 1 aromatic rings. The number of unbranched alkanes of at least 4 members (excludes halogenated alkanes) is 2. The summed E-state index contributed by atoms with van der Waals surface area (Å²) in [4.78, 5) is 0. The fourth-order valence-electron chi connectivity index (χ4n) is 1.49. The highest BCUT2D eigenvalue weighted by Gasteiger charge is 1.90. The summed E-state index contributed by atoms with van der Waals surface area (Å²) in [5.74, 6) is 0. The van der Waals surface area contributed by atoms with Gasteiger partial charge < -0.3 is 0 Å². The minimum absolute atomic E-state index is 1.15. The van der Waals surface area contributed by atoms with Crippen LogP contribution in [0.4, 0.5) is 0 Å². The Bertz CT molecular complexity index is 346. The lowest BCUT2D eigenvalue weighted by atomic mass is 10.1. The van der Waals surface area contributed by atoms with E-state index in [2.05, 4.69) is 61.1 Å². The molecule has 0 heterocycles. The fraction of sp³-hybridized carbons (Fsp3) is 0.333. The van der Waals surface area contributed by atoms with E-state index < -0.39 is 0 Å². The Balaban J connectivity index is 2.20. The zero-order chi connectivity index (χ0) is 12.3. The van der Waals surface area contributed by atoms with E-state index in [4.69, 9.17) is 0 Å². The van der Waals surface area contributed by atoms with Gasteiger partial charge in [-0.15, -0.1) is 23.5 Å². The normalized spacial score (nSPS) is 10.7. The van der Waals surface area contributed by atoms with Crippen molar-refractivity contribution >= 4 is 29.6 Å². The zero-order valence-electron chi connectivity index (χ0n) is 10.6. The van der Waals surface area contributed by atoms with Gasteiger partial charge in [-0.05, 0) is 37.3 Å². The maximum absolute atomic E-state index is 2.34. The van der Waals surface area contributed by atoms with Gasteiger partial charge >= 0.3 is 0 Å². The van der Waals surface area contributed by atoms with E-state index in [1.54, 1.807) is 0 Å². The van der Waals surface area contributed by atoms with Crippen LogP contribution in [0.3, 0.4) is 0 Å². The summed E-state index contributed by atoms with van der Waals surface area (Å²) in [7, 11) is 0. The Morgan fingerprint density at radius 3 is 2.41 bits per heavy atom. The maximum Gasteiger partial charge on any atom is 0.0355 e. The summed E-state index contributed by atoms with van der Waals surface area (Å²) in [5, 5.41) is 0. The number of hydrogen-bond acceptors (Lipinski definition) is 2. The first-order chi connectivity index (χ1) is 8.36. The lowest BCUT2D eigenvalue weighted by Crippen LogP contribution is -1.73. The smallest absolute Gasteiger partial charge is 0.0355 e. The SMILES string of the molecule is CSC(=CCCC/C=C/c1ccccc1)SC. The Hall–Kier alpha value is -0.600. The van der Waals surface area contributed by atoms with E-state index in [-0.39, 0.29) is 0 Å². The Labute approximate surface area is 114 Å². The van der Waals surface area contributed by atoms with Crippen molar-refractivity contribution in [2.24, 2.45) is 0 Å². The van der Waals surface area contributed by atoms with Crippen LogP contribution in [0.25, 0.3) is 6.08 Å². The summed E-state index contributed by atoms with van der Waals surface area (Å²) in [6.45, 7) is 0. The Kier molecular flexibility index (Phi) is 8.02. The predicted octanol–water partition coefficient (Wildman–Crippen LogP) is 5.44. The summed E-state index contributed by atoms with van der Waals surface area (Å²) in [6.07, 6.45) is 14.6. The van der Waals surface area contributed by atoms with Crippen molar-refractivity contribution in [1.29, 1.82) is 0 Å². The Morgan fingerprint density at radius 2 is 1.76 bits per heavy atom. The lowest BCUT2D eigenvalue weighted by Gasteiger charge is -1.98. The molecule has 0 aliphatic rings. The minimum Gasteiger partial charge on any atom is -0.123 e. The van der Waals surface area contributed by atoms with Crippen LogP contribution >= 0.6 is 23.5 Å². The molecular formula is C15H20S2. The van der Waals surface area contributed by atoms with E-state index in [1.165, 1.54) is 22.6 Å². The molecule has 0 nitrogen and oxygen atoms in total. The predicted molar refractivity (Wildman–Crippen MR) is 84.4 cm³/mol. The highest BCUT2D eigenvalue weighted by Crippen LogP contribution is 2.24. The van der Waals surface area contributed by atoms with Crippen LogP contribution in [-0.4, -0.2) is 12.5 Å². The van der Waals surface area contributed by atoms with Gasteiger partial charge in [-0.3, -0.25) is 0 Å². The minimum atomic E-state index is 1.15. The molecule has 0 fully saturated rings. The first-order valence-corrected chi connectivity index (χ1v) is 8.31. The van der Waals surface area contributed by atoms with Crippen LogP contribution in [0.1, 0.15) is 24.8 Å². The molecule has 0 atom stereocenters. The van der Waals surface area contributed by atoms with E-state index in [0.717, 1.165) is 6.42 Å². The molecule has 0 spiro atoms. The third-order valence-electron chi connectivity index (χ3n) is 2.40. The highest BCUT2D eigenvalue weighted by atomic mass is 32.2. The van der Waals surface area contributed by atoms with E-state index in [1.807, 2.05) is 23.5 Å². The quantitative estimate of drug-likeness (QED) is 0.602. The molecule has 0 aliphatic carbocycles. The van der Waals surface area contributed by atoms with Crippen molar-refractivity contribution in [3.05, 3.63) is 52.3 Å². The molecule has 0 aromatic heterocycles. The van der Waals surface area contributed by atoms with Crippen molar-refractivity contribution < 1.29 is 0 Å². The molecule has 0 aliphatic heterocycles. The second kappa shape index (κ2) is 9.43. The highest BCUT2D eigenvalue weighted by molar-refractivity contribution is 8.21. The molecule has 1 aromatic carbocycles. The van der Waals surface area contributed by atoms with Gasteiger partial charge in [-0.1, -0.05) is 48.6 Å². The first-order valence-electron chi connectivity index (χ1n) is 5.86. The largest absolute Gasteiger partial charge is 0.123 e. The fourth-order valence-corrected chi connectivity index (χ4v) is 2.72. The second-order valence-corrected chi connectivity index (χ2v) is 5.63. The van der Waals surface area contributed by atoms with Gasteiger partial charge in [0.15, 0.2) is 0 Å². The summed E-state index contributed by atoms with van der Waals surface area (Å²) in [6, 6.07) is 10.5. The van der Waals surface area contributed by atoms with Gasteiger partial charge in [0, 0.05) is 4.24 Å². The van der Waals surface area contributed by atoms with Crippen molar-refractivity contribution in [1.82, 2.24) is 0 Å². The van der Waals surface area contributed by atoms with Crippen molar-refractivity contribution in [3.63, 3.8) is 0 Å². The monoisotopic (exact) mass is 264 g/mol. The third-order valence-corrected chi connectivity index (χ3v) is 4.54. The summed E-state index contributed by atoms with van der Waals surface area (Å²) >= 11 is 3.67. The summed E-state index contributed by atoms with van der Waals surface area (Å²) < 4.78 is 1.43. The van der Waals surface area contributed by atoms with Gasteiger partial charge in [0.1, 0.15) is 0 Å². The number of rotatable bonds is 7. The molecule has 92 valence electrons. The number of thioether (sulfide) groups is 2. The third kappa shape index (κ3) is 6.64. The lowest BCUT2D eigenvalue weighted by molar-refractivity contribution is 0.871. The molecule has 17 heavy (non-hydrogen) atoms. The molecule has 0 radical (unpaired) electrons. The van der Waals surface area contributed by atoms with Gasteiger partial charge in [0.2, 0.25) is 0 Å². The van der Waals surface area contributed by atoms with Crippen LogP contribution in [-0.2, 0) is 0 Å². The van der Waals surface area contributed by atoms with Gasteiger partial charge in [0.25, 0.3) is 0 Å². The first kappa shape index (κ1) is 14.5. The number of allylic oxidation sites excluding steroid dienone is 2. The Morgan fingerprint density at radius 1 is 1.06 bits per heavy atom. The molecular weight excluding hydrogens is 244 g/mol. The number of benzene rings is 1. The average molecular weight is 264 g/mol. The average Bonchev–Trinajstić information content (AvgIpc) is 2.39. The van der Waals surface area contributed by atoms with Gasteiger partial charge in [0.05, 0.1) is 0 Å². The molecule has 2 heteroatoms. The van der Waals surface area contributed by atoms with Crippen molar-refractivity contribution in [2.75, 3.05) is 12.5 Å². The molecule has 0 N–H and O–H groups in total. The second-order valence-electron chi connectivity index (χ2n) is 3.68. The van der Waals surface area contributed by atoms with Crippen LogP contribution in [0, 0.1) is 0 Å². The molecule has 0 bridgehead atoms. The standard InChI is InChI=1S/C15H20S2/c1-16-15(17-2)13-9-4-3-6-10-14-11-7-5-8-12-14/h5-8,10-13H,3-4,9H2,1-2H3/b10-6+. The number of hydrogen-bond donors (Lipinski definition) is 0. The van der Waals surface area contributed by atoms with Gasteiger partial charge in [-0.25, -0.2) is 0 Å².